The van der Waals surface area contributed by atoms with Gasteiger partial charge in [-0.15, -0.1) is 0 Å². The van der Waals surface area contributed by atoms with Crippen LogP contribution in [0.3, 0.4) is 0 Å². The molecule has 1 aromatic heterocycles. The largest absolute Gasteiger partial charge is 0.370 e. The summed E-state index contributed by atoms with van der Waals surface area (Å²) in [5.41, 5.74) is 4.12. The average molecular weight is 342 g/mol. The fourth-order valence-corrected chi connectivity index (χ4v) is 3.56. The van der Waals surface area contributed by atoms with E-state index in [9.17, 15) is 4.79 Å². The predicted molar refractivity (Wildman–Crippen MR) is 101 cm³/mol. The zero-order valence-corrected chi connectivity index (χ0v) is 14.6. The van der Waals surface area contributed by atoms with Crippen molar-refractivity contribution in [1.82, 2.24) is 10.3 Å². The van der Waals surface area contributed by atoms with Crippen LogP contribution in [0.2, 0.25) is 0 Å². The van der Waals surface area contributed by atoms with Crippen LogP contribution in [0.4, 0.5) is 16.2 Å². The number of hydrogen-bond acceptors (Lipinski definition) is 4. The van der Waals surface area contributed by atoms with Crippen molar-refractivity contribution in [3.05, 3.63) is 53.9 Å². The first-order valence-electron chi connectivity index (χ1n) is 8.09. The third-order valence-corrected chi connectivity index (χ3v) is 4.95. The summed E-state index contributed by atoms with van der Waals surface area (Å²) in [7, 11) is 0. The highest BCUT2D eigenvalue weighted by Gasteiger charge is 2.12. The molecule has 0 atom stereocenters. The fraction of sp³-hybridized carbons (Fsp3) is 0.333. The van der Waals surface area contributed by atoms with Gasteiger partial charge in [-0.25, -0.2) is 4.79 Å². The molecule has 3 rings (SSSR count). The molecule has 1 fully saturated rings. The molecule has 24 heavy (non-hydrogen) atoms. The molecular weight excluding hydrogens is 320 g/mol. The molecule has 2 heterocycles. The van der Waals surface area contributed by atoms with Gasteiger partial charge in [-0.1, -0.05) is 6.07 Å². The van der Waals surface area contributed by atoms with Crippen molar-refractivity contribution < 1.29 is 4.79 Å². The third-order valence-electron chi connectivity index (χ3n) is 4.01. The molecule has 0 unspecified atom stereocenters. The number of amides is 2. The molecule has 126 valence electrons. The van der Waals surface area contributed by atoms with Gasteiger partial charge in [-0.2, -0.15) is 11.8 Å². The van der Waals surface area contributed by atoms with E-state index in [4.69, 9.17) is 0 Å². The maximum atomic E-state index is 12.1. The van der Waals surface area contributed by atoms with Crippen molar-refractivity contribution >= 4 is 29.2 Å². The number of rotatable bonds is 4. The molecule has 1 aromatic carbocycles. The zero-order valence-electron chi connectivity index (χ0n) is 13.8. The van der Waals surface area contributed by atoms with E-state index in [0.29, 0.717) is 6.54 Å². The number of carbonyl (C=O) groups is 1. The van der Waals surface area contributed by atoms with E-state index >= 15 is 0 Å². The highest BCUT2D eigenvalue weighted by Crippen LogP contribution is 2.24. The van der Waals surface area contributed by atoms with Gasteiger partial charge in [0.25, 0.3) is 0 Å². The van der Waals surface area contributed by atoms with Gasteiger partial charge in [0.15, 0.2) is 0 Å². The van der Waals surface area contributed by atoms with Gasteiger partial charge in [0.1, 0.15) is 0 Å². The summed E-state index contributed by atoms with van der Waals surface area (Å²) in [5.74, 6) is 2.35. The van der Waals surface area contributed by atoms with E-state index < -0.39 is 0 Å². The Morgan fingerprint density at radius 2 is 2.12 bits per heavy atom. The van der Waals surface area contributed by atoms with Crippen LogP contribution in [0.5, 0.6) is 0 Å². The van der Waals surface area contributed by atoms with Gasteiger partial charge in [-0.3, -0.25) is 4.98 Å². The lowest BCUT2D eigenvalue weighted by Crippen LogP contribution is -2.32. The van der Waals surface area contributed by atoms with Crippen molar-refractivity contribution in [3.63, 3.8) is 0 Å². The number of nitrogens with one attached hydrogen (secondary N) is 2. The van der Waals surface area contributed by atoms with Crippen molar-refractivity contribution in [1.29, 1.82) is 0 Å². The highest BCUT2D eigenvalue weighted by molar-refractivity contribution is 7.99. The molecule has 2 aromatic rings. The fourth-order valence-electron chi connectivity index (χ4n) is 2.66. The number of anilines is 2. The topological polar surface area (TPSA) is 57.3 Å². The second-order valence-corrected chi connectivity index (χ2v) is 6.99. The van der Waals surface area contributed by atoms with Crippen LogP contribution in [0.15, 0.2) is 42.7 Å². The van der Waals surface area contributed by atoms with Crippen molar-refractivity contribution in [2.75, 3.05) is 34.8 Å². The Morgan fingerprint density at radius 3 is 2.83 bits per heavy atom. The van der Waals surface area contributed by atoms with Crippen LogP contribution in [0.25, 0.3) is 0 Å². The van der Waals surface area contributed by atoms with E-state index in [1.165, 1.54) is 17.2 Å². The summed E-state index contributed by atoms with van der Waals surface area (Å²) in [6.07, 6.45) is 3.47. The lowest BCUT2D eigenvalue weighted by molar-refractivity contribution is 0.251. The lowest BCUT2D eigenvalue weighted by Gasteiger charge is -2.29. The first kappa shape index (κ1) is 16.6. The van der Waals surface area contributed by atoms with Gasteiger partial charge < -0.3 is 15.5 Å². The van der Waals surface area contributed by atoms with Crippen molar-refractivity contribution in [3.8, 4) is 0 Å². The quantitative estimate of drug-likeness (QED) is 0.895. The van der Waals surface area contributed by atoms with E-state index in [-0.39, 0.29) is 6.03 Å². The molecule has 2 N–H and O–H groups in total. The number of nitrogens with zero attached hydrogens (tertiary/aromatic N) is 2. The summed E-state index contributed by atoms with van der Waals surface area (Å²) < 4.78 is 0. The van der Waals surface area contributed by atoms with E-state index in [2.05, 4.69) is 32.7 Å². The average Bonchev–Trinajstić information content (AvgIpc) is 2.63. The molecule has 1 saturated heterocycles. The Balaban J connectivity index is 1.57. The number of aromatic nitrogens is 1. The summed E-state index contributed by atoms with van der Waals surface area (Å²) in [5, 5.41) is 5.77. The Morgan fingerprint density at radius 1 is 1.29 bits per heavy atom. The molecule has 0 radical (unpaired) electrons. The molecule has 1 aliphatic heterocycles. The Labute approximate surface area is 146 Å². The number of pyridine rings is 1. The normalized spacial score (nSPS) is 14.3. The summed E-state index contributed by atoms with van der Waals surface area (Å²) in [4.78, 5) is 18.5. The number of aryl methyl sites for hydroxylation is 1. The van der Waals surface area contributed by atoms with Gasteiger partial charge >= 0.3 is 6.03 Å². The minimum Gasteiger partial charge on any atom is -0.370 e. The highest BCUT2D eigenvalue weighted by atomic mass is 32.2. The maximum Gasteiger partial charge on any atom is 0.319 e. The van der Waals surface area contributed by atoms with Gasteiger partial charge in [0, 0.05) is 54.9 Å². The Hall–Kier alpha value is -2.21. The van der Waals surface area contributed by atoms with Crippen LogP contribution >= 0.6 is 11.8 Å². The molecule has 5 nitrogen and oxygen atoms in total. The predicted octanol–water partition coefficient (Wildman–Crippen LogP) is 3.26. The van der Waals surface area contributed by atoms with Gasteiger partial charge in [0.2, 0.25) is 0 Å². The van der Waals surface area contributed by atoms with Gasteiger partial charge in [0.05, 0.1) is 0 Å². The Bertz CT molecular complexity index is 687. The SMILES string of the molecule is Cc1cc(N2CCSCC2)ccc1NC(=O)NCc1cccnc1. The van der Waals surface area contributed by atoms with Crippen LogP contribution in [0.1, 0.15) is 11.1 Å². The molecule has 0 aliphatic carbocycles. The number of urea groups is 1. The summed E-state index contributed by atoms with van der Waals surface area (Å²) in [6, 6.07) is 9.80. The smallest absolute Gasteiger partial charge is 0.319 e. The first-order chi connectivity index (χ1) is 11.7. The third kappa shape index (κ3) is 4.41. The van der Waals surface area contributed by atoms with Crippen LogP contribution < -0.4 is 15.5 Å². The minimum absolute atomic E-state index is 0.205. The number of thioether (sulfide) groups is 1. The lowest BCUT2D eigenvalue weighted by atomic mass is 10.1. The second kappa shape index (κ2) is 8.06. The molecule has 0 bridgehead atoms. The van der Waals surface area contributed by atoms with E-state index in [1.54, 1.807) is 12.4 Å². The maximum absolute atomic E-state index is 12.1. The number of carbonyl (C=O) groups excluding carboxylic acids is 1. The first-order valence-corrected chi connectivity index (χ1v) is 9.25. The van der Waals surface area contributed by atoms with Crippen molar-refractivity contribution in [2.24, 2.45) is 0 Å². The van der Waals surface area contributed by atoms with Crippen molar-refractivity contribution in [2.45, 2.75) is 13.5 Å². The summed E-state index contributed by atoms with van der Waals surface area (Å²) in [6.45, 7) is 4.66. The minimum atomic E-state index is -0.205. The van der Waals surface area contributed by atoms with Crippen LogP contribution in [-0.2, 0) is 6.54 Å². The molecular formula is C18H22N4OS. The summed E-state index contributed by atoms with van der Waals surface area (Å²) >= 11 is 2.00. The van der Waals surface area contributed by atoms with Crippen LogP contribution in [-0.4, -0.2) is 35.6 Å². The monoisotopic (exact) mass is 342 g/mol. The Kier molecular flexibility index (Phi) is 5.59. The standard InChI is InChI=1S/C18H22N4OS/c1-14-11-16(22-7-9-24-10-8-22)4-5-17(14)21-18(23)20-13-15-3-2-6-19-12-15/h2-6,11-12H,7-10,13H2,1H3,(H2,20,21,23). The number of benzene rings is 1. The van der Waals surface area contributed by atoms with Crippen LogP contribution in [0, 0.1) is 6.92 Å². The second-order valence-electron chi connectivity index (χ2n) is 5.77. The molecule has 1 aliphatic rings. The molecule has 0 saturated carbocycles. The number of hydrogen-bond donors (Lipinski definition) is 2. The molecule has 0 spiro atoms. The van der Waals surface area contributed by atoms with E-state index in [1.807, 2.05) is 36.9 Å². The molecule has 2 amide bonds. The van der Waals surface area contributed by atoms with E-state index in [0.717, 1.165) is 29.9 Å². The van der Waals surface area contributed by atoms with Gasteiger partial charge in [-0.05, 0) is 42.3 Å². The zero-order chi connectivity index (χ0) is 16.8. The molecule has 6 heteroatoms.